The van der Waals surface area contributed by atoms with Crippen molar-refractivity contribution in [1.29, 1.82) is 0 Å². The number of nitrogens with one attached hydrogen (secondary N) is 1. The van der Waals surface area contributed by atoms with E-state index in [1.807, 2.05) is 13.8 Å². The zero-order chi connectivity index (χ0) is 11.8. The average Bonchev–Trinajstić information content (AvgIpc) is 2.13. The van der Waals surface area contributed by atoms with Gasteiger partial charge in [0.05, 0.1) is 13.2 Å². The molecule has 1 N–H and O–H groups in total. The minimum absolute atomic E-state index is 0.212. The maximum Gasteiger partial charge on any atom is 0.259 e. The summed E-state index contributed by atoms with van der Waals surface area (Å²) in [6, 6.07) is 0. The monoisotopic (exact) mass is 253 g/mol. The Hall–Kier alpha value is 0.740. The molecule has 0 heterocycles. The Morgan fingerprint density at radius 1 is 0.933 bits per heavy atom. The first-order chi connectivity index (χ1) is 7.02. The SMILES string of the molecule is CCOP(NP(C(C)C)C(C)C)OCC. The lowest BCUT2D eigenvalue weighted by atomic mass is 10.5. The standard InChI is InChI=1S/C10H25NO2P2/c1-7-12-15(13-8-2)11-14(9(3)4)10(5)6/h9-11H,7-8H2,1-6H3. The smallest absolute Gasteiger partial charge is 0.259 e. The van der Waals surface area contributed by atoms with Gasteiger partial charge >= 0.3 is 0 Å². The quantitative estimate of drug-likeness (QED) is 0.661. The van der Waals surface area contributed by atoms with Crippen molar-refractivity contribution < 1.29 is 9.05 Å². The van der Waals surface area contributed by atoms with Crippen molar-refractivity contribution in [2.45, 2.75) is 52.9 Å². The van der Waals surface area contributed by atoms with E-state index in [9.17, 15) is 0 Å². The Balaban J connectivity index is 4.19. The summed E-state index contributed by atoms with van der Waals surface area (Å²) in [5, 5.41) is 0. The molecular weight excluding hydrogens is 228 g/mol. The van der Waals surface area contributed by atoms with E-state index >= 15 is 0 Å². The van der Waals surface area contributed by atoms with Gasteiger partial charge in [-0.3, -0.25) is 0 Å². The summed E-state index contributed by atoms with van der Waals surface area (Å²) >= 11 is 0. The Kier molecular flexibility index (Phi) is 9.28. The molecule has 0 rings (SSSR count). The maximum absolute atomic E-state index is 5.56. The van der Waals surface area contributed by atoms with E-state index in [1.165, 1.54) is 0 Å². The summed E-state index contributed by atoms with van der Waals surface area (Å²) in [5.74, 6) is 0. The Labute approximate surface area is 97.1 Å². The molecular formula is C10H25NO2P2. The van der Waals surface area contributed by atoms with E-state index in [2.05, 4.69) is 32.6 Å². The van der Waals surface area contributed by atoms with Gasteiger partial charge in [-0.15, -0.1) is 0 Å². The minimum atomic E-state index is -0.886. The highest BCUT2D eigenvalue weighted by molar-refractivity contribution is 7.67. The Bertz CT molecular complexity index is 142. The second kappa shape index (κ2) is 8.84. The predicted molar refractivity (Wildman–Crippen MR) is 70.5 cm³/mol. The first-order valence-electron chi connectivity index (χ1n) is 5.63. The van der Waals surface area contributed by atoms with E-state index in [0.29, 0.717) is 24.5 Å². The van der Waals surface area contributed by atoms with Crippen LogP contribution in [-0.4, -0.2) is 24.5 Å². The normalized spacial score (nSPS) is 12.4. The van der Waals surface area contributed by atoms with Gasteiger partial charge in [-0.25, -0.2) is 4.86 Å². The molecule has 0 aliphatic carbocycles. The summed E-state index contributed by atoms with van der Waals surface area (Å²) in [6.45, 7) is 14.4. The van der Waals surface area contributed by atoms with Crippen LogP contribution in [-0.2, 0) is 9.05 Å². The average molecular weight is 253 g/mol. The molecule has 0 bridgehead atoms. The van der Waals surface area contributed by atoms with Crippen molar-refractivity contribution in [3.8, 4) is 0 Å². The van der Waals surface area contributed by atoms with Gasteiger partial charge in [0.25, 0.3) is 8.53 Å². The molecule has 0 aromatic heterocycles. The van der Waals surface area contributed by atoms with Crippen molar-refractivity contribution in [1.82, 2.24) is 4.86 Å². The van der Waals surface area contributed by atoms with Crippen LogP contribution < -0.4 is 4.86 Å². The molecule has 0 saturated heterocycles. The van der Waals surface area contributed by atoms with Crippen LogP contribution in [0.25, 0.3) is 0 Å². The molecule has 3 nitrogen and oxygen atoms in total. The van der Waals surface area contributed by atoms with Gasteiger partial charge in [0.1, 0.15) is 0 Å². The summed E-state index contributed by atoms with van der Waals surface area (Å²) in [6.07, 6.45) is 0. The van der Waals surface area contributed by atoms with Crippen LogP contribution in [0, 0.1) is 0 Å². The van der Waals surface area contributed by atoms with Crippen LogP contribution in [0.4, 0.5) is 0 Å². The van der Waals surface area contributed by atoms with Crippen molar-refractivity contribution in [2.75, 3.05) is 13.2 Å². The molecule has 92 valence electrons. The van der Waals surface area contributed by atoms with Gasteiger partial charge in [-0.1, -0.05) is 27.7 Å². The number of hydrogen-bond donors (Lipinski definition) is 1. The van der Waals surface area contributed by atoms with E-state index in [4.69, 9.17) is 9.05 Å². The molecule has 0 aliphatic rings. The molecule has 0 saturated carbocycles. The molecule has 0 spiro atoms. The number of hydrogen-bond acceptors (Lipinski definition) is 3. The fraction of sp³-hybridized carbons (Fsp3) is 1.00. The topological polar surface area (TPSA) is 30.5 Å². The lowest BCUT2D eigenvalue weighted by molar-refractivity contribution is 0.267. The first-order valence-corrected chi connectivity index (χ1v) is 8.29. The Morgan fingerprint density at radius 2 is 1.33 bits per heavy atom. The predicted octanol–water partition coefficient (Wildman–Crippen LogP) is 4.09. The van der Waals surface area contributed by atoms with Crippen LogP contribution in [0.2, 0.25) is 0 Å². The lowest BCUT2D eigenvalue weighted by Crippen LogP contribution is -2.16. The van der Waals surface area contributed by atoms with Gasteiger partial charge in [0.2, 0.25) is 0 Å². The highest BCUT2D eigenvalue weighted by atomic mass is 31.2. The second-order valence-electron chi connectivity index (χ2n) is 3.79. The fourth-order valence-electron chi connectivity index (χ4n) is 1.25. The molecule has 0 aromatic carbocycles. The van der Waals surface area contributed by atoms with Gasteiger partial charge in [0, 0.05) is 0 Å². The zero-order valence-corrected chi connectivity index (χ0v) is 12.6. The van der Waals surface area contributed by atoms with E-state index in [0.717, 1.165) is 0 Å². The largest absolute Gasteiger partial charge is 0.322 e. The van der Waals surface area contributed by atoms with Gasteiger partial charge in [-0.05, 0) is 33.2 Å². The third-order valence-corrected chi connectivity index (χ3v) is 6.59. The molecule has 0 radical (unpaired) electrons. The second-order valence-corrected chi connectivity index (χ2v) is 8.50. The van der Waals surface area contributed by atoms with E-state index in [-0.39, 0.29) is 8.07 Å². The highest BCUT2D eigenvalue weighted by Crippen LogP contribution is 2.51. The van der Waals surface area contributed by atoms with Gasteiger partial charge in [-0.2, -0.15) is 0 Å². The molecule has 0 unspecified atom stereocenters. The number of rotatable bonds is 8. The van der Waals surface area contributed by atoms with Crippen molar-refractivity contribution >= 4 is 16.6 Å². The van der Waals surface area contributed by atoms with E-state index < -0.39 is 8.53 Å². The molecule has 0 fully saturated rings. The van der Waals surface area contributed by atoms with Gasteiger partial charge < -0.3 is 9.05 Å². The van der Waals surface area contributed by atoms with Crippen molar-refractivity contribution in [3.05, 3.63) is 0 Å². The minimum Gasteiger partial charge on any atom is -0.322 e. The molecule has 0 atom stereocenters. The van der Waals surface area contributed by atoms with Crippen LogP contribution in [0.15, 0.2) is 0 Å². The summed E-state index contributed by atoms with van der Waals surface area (Å²) < 4.78 is 11.1. The highest BCUT2D eigenvalue weighted by Gasteiger charge is 2.22. The summed E-state index contributed by atoms with van der Waals surface area (Å²) in [4.78, 5) is 3.54. The van der Waals surface area contributed by atoms with Crippen LogP contribution in [0.5, 0.6) is 0 Å². The molecule has 0 aromatic rings. The zero-order valence-electron chi connectivity index (χ0n) is 10.8. The molecule has 15 heavy (non-hydrogen) atoms. The molecule has 0 amide bonds. The van der Waals surface area contributed by atoms with Gasteiger partial charge in [0.15, 0.2) is 0 Å². The first kappa shape index (κ1) is 15.7. The summed E-state index contributed by atoms with van der Waals surface area (Å²) in [5.41, 5.74) is 1.32. The van der Waals surface area contributed by atoms with Crippen LogP contribution in [0.3, 0.4) is 0 Å². The van der Waals surface area contributed by atoms with Crippen LogP contribution >= 0.6 is 16.6 Å². The maximum atomic E-state index is 5.56. The third-order valence-electron chi connectivity index (χ3n) is 1.80. The lowest BCUT2D eigenvalue weighted by Gasteiger charge is -2.29. The fourth-order valence-corrected chi connectivity index (χ4v) is 6.05. The molecule has 0 aliphatic heterocycles. The molecule has 5 heteroatoms. The summed E-state index contributed by atoms with van der Waals surface area (Å²) in [7, 11) is -1.10. The van der Waals surface area contributed by atoms with Crippen molar-refractivity contribution in [3.63, 3.8) is 0 Å². The van der Waals surface area contributed by atoms with E-state index in [1.54, 1.807) is 0 Å². The third kappa shape index (κ3) is 6.81. The Morgan fingerprint density at radius 3 is 1.60 bits per heavy atom. The van der Waals surface area contributed by atoms with Crippen LogP contribution in [0.1, 0.15) is 41.5 Å². The van der Waals surface area contributed by atoms with Crippen molar-refractivity contribution in [2.24, 2.45) is 0 Å².